The molecule has 0 fully saturated rings. The van der Waals surface area contributed by atoms with E-state index in [0.717, 1.165) is 21.4 Å². The smallest absolute Gasteiger partial charge is 0.341 e. The van der Waals surface area contributed by atoms with Crippen molar-refractivity contribution in [2.75, 3.05) is 11.9 Å². The summed E-state index contributed by atoms with van der Waals surface area (Å²) in [4.78, 5) is 16.9. The van der Waals surface area contributed by atoms with Crippen LogP contribution in [0.2, 0.25) is 0 Å². The van der Waals surface area contributed by atoms with Crippen LogP contribution in [0.5, 0.6) is 11.8 Å². The number of hydrogen-bond acceptors (Lipinski definition) is 8. The summed E-state index contributed by atoms with van der Waals surface area (Å²) < 4.78 is 6.99. The molecule has 0 bridgehead atoms. The van der Waals surface area contributed by atoms with E-state index in [1.165, 1.54) is 6.08 Å². The summed E-state index contributed by atoms with van der Waals surface area (Å²) in [6.45, 7) is 3.39. The van der Waals surface area contributed by atoms with E-state index in [0.29, 0.717) is 17.0 Å². The number of aliphatic hydroxyl groups excluding tert-OH is 1. The van der Waals surface area contributed by atoms with Crippen LogP contribution >= 0.6 is 0 Å². The lowest BCUT2D eigenvalue weighted by Crippen LogP contribution is -2.28. The van der Waals surface area contributed by atoms with Crippen molar-refractivity contribution in [3.8, 4) is 23.9 Å². The van der Waals surface area contributed by atoms with E-state index in [-0.39, 0.29) is 25.0 Å². The monoisotopic (exact) mass is 428 g/mol. The Morgan fingerprint density at radius 3 is 2.47 bits per heavy atom. The minimum Gasteiger partial charge on any atom is -0.423 e. The summed E-state index contributed by atoms with van der Waals surface area (Å²) >= 11 is 0. The van der Waals surface area contributed by atoms with Gasteiger partial charge in [-0.2, -0.15) is 15.5 Å². The molecular weight excluding hydrogens is 408 g/mol. The van der Waals surface area contributed by atoms with Gasteiger partial charge in [-0.05, 0) is 73.0 Å². The number of hydrogen-bond donors (Lipinski definition) is 2. The highest BCUT2D eigenvalue weighted by Crippen LogP contribution is 2.29. The molecule has 9 heteroatoms. The summed E-state index contributed by atoms with van der Waals surface area (Å²) in [6, 6.07) is 14.2. The number of allylic oxidation sites excluding steroid dienone is 1. The van der Waals surface area contributed by atoms with Crippen molar-refractivity contribution in [3.05, 3.63) is 75.1 Å². The Kier molecular flexibility index (Phi) is 6.96. The number of aromatic nitrogens is 3. The van der Waals surface area contributed by atoms with E-state index in [1.54, 1.807) is 30.3 Å². The Morgan fingerprint density at radius 1 is 1.19 bits per heavy atom. The molecule has 1 aromatic heterocycles. The van der Waals surface area contributed by atoms with Crippen molar-refractivity contribution >= 4 is 17.6 Å². The van der Waals surface area contributed by atoms with E-state index in [4.69, 9.17) is 15.3 Å². The first-order chi connectivity index (χ1) is 15.4. The second kappa shape index (κ2) is 10.0. The van der Waals surface area contributed by atoms with Gasteiger partial charge in [0.05, 0.1) is 30.9 Å². The van der Waals surface area contributed by atoms with Crippen LogP contribution in [0.4, 0.5) is 11.5 Å². The van der Waals surface area contributed by atoms with Gasteiger partial charge in [-0.15, -0.1) is 5.10 Å². The molecule has 2 N–H and O–H groups in total. The fourth-order valence-electron chi connectivity index (χ4n) is 3.04. The predicted octanol–water partition coefficient (Wildman–Crippen LogP) is 3.19. The van der Waals surface area contributed by atoms with Crippen molar-refractivity contribution < 1.29 is 9.84 Å². The number of anilines is 2. The largest absolute Gasteiger partial charge is 0.423 e. The van der Waals surface area contributed by atoms with Crippen LogP contribution < -0.4 is 15.6 Å². The van der Waals surface area contributed by atoms with E-state index < -0.39 is 5.56 Å². The average molecular weight is 428 g/mol. The van der Waals surface area contributed by atoms with Crippen molar-refractivity contribution in [1.29, 1.82) is 10.5 Å². The third-order valence-corrected chi connectivity index (χ3v) is 4.47. The van der Waals surface area contributed by atoms with E-state index in [1.807, 2.05) is 38.1 Å². The number of rotatable bonds is 7. The van der Waals surface area contributed by atoms with E-state index >= 15 is 0 Å². The van der Waals surface area contributed by atoms with Gasteiger partial charge in [-0.1, -0.05) is 0 Å². The van der Waals surface area contributed by atoms with Crippen LogP contribution in [0.15, 0.2) is 47.3 Å². The predicted molar refractivity (Wildman–Crippen MR) is 118 cm³/mol. The number of benzene rings is 2. The topological polar surface area (TPSA) is 137 Å². The number of aliphatic hydroxyl groups is 1. The van der Waals surface area contributed by atoms with Gasteiger partial charge in [0.2, 0.25) is 5.82 Å². The molecule has 2 aromatic carbocycles. The van der Waals surface area contributed by atoms with Gasteiger partial charge in [-0.25, -0.2) is 4.68 Å². The zero-order valence-electron chi connectivity index (χ0n) is 17.5. The van der Waals surface area contributed by atoms with Crippen LogP contribution in [0.1, 0.15) is 22.3 Å². The summed E-state index contributed by atoms with van der Waals surface area (Å²) in [5, 5.41) is 34.0. The van der Waals surface area contributed by atoms with Crippen molar-refractivity contribution in [2.45, 2.75) is 20.4 Å². The molecule has 1 heterocycles. The molecule has 3 rings (SSSR count). The maximum Gasteiger partial charge on any atom is 0.341 e. The Balaban J connectivity index is 1.98. The highest BCUT2D eigenvalue weighted by Gasteiger charge is 2.15. The molecule has 0 atom stereocenters. The molecule has 0 radical (unpaired) electrons. The molecule has 3 aromatic rings. The lowest BCUT2D eigenvalue weighted by Gasteiger charge is -2.14. The van der Waals surface area contributed by atoms with E-state index in [2.05, 4.69) is 15.4 Å². The molecule has 0 saturated heterocycles. The number of ether oxygens (including phenoxy) is 1. The Hall–Kier alpha value is -4.47. The first-order valence-electron chi connectivity index (χ1n) is 9.67. The number of nitriles is 2. The second-order valence-corrected chi connectivity index (χ2v) is 6.86. The van der Waals surface area contributed by atoms with Crippen molar-refractivity contribution in [3.63, 3.8) is 0 Å². The number of nitrogens with one attached hydrogen (secondary N) is 1. The summed E-state index contributed by atoms with van der Waals surface area (Å²) in [6.07, 6.45) is 3.09. The van der Waals surface area contributed by atoms with Gasteiger partial charge < -0.3 is 15.2 Å². The summed E-state index contributed by atoms with van der Waals surface area (Å²) in [7, 11) is 0. The molecule has 160 valence electrons. The van der Waals surface area contributed by atoms with Crippen LogP contribution in [-0.2, 0) is 6.54 Å². The quantitative estimate of drug-likeness (QED) is 0.547. The summed E-state index contributed by atoms with van der Waals surface area (Å²) in [5.74, 6) is 0.495. The average Bonchev–Trinajstić information content (AvgIpc) is 2.78. The van der Waals surface area contributed by atoms with Crippen molar-refractivity contribution in [2.24, 2.45) is 0 Å². The number of aryl methyl sites for hydroxylation is 2. The normalized spacial score (nSPS) is 10.5. The Bertz CT molecular complexity index is 1270. The van der Waals surface area contributed by atoms with Gasteiger partial charge in [-0.3, -0.25) is 4.79 Å². The minimum atomic E-state index is -0.527. The minimum absolute atomic E-state index is 0.0305. The third kappa shape index (κ3) is 5.17. The zero-order valence-corrected chi connectivity index (χ0v) is 17.5. The molecule has 0 aliphatic heterocycles. The standard InChI is InChI=1S/C23H20N6O3/c1-15-12-18(4-3-9-24)13-16(2)20(15)32-23-27-21(22(31)29(28-23)10-11-30)26-19-7-5-17(14-25)6-8-19/h3-8,12-13,30H,10-11H2,1-2H3,(H,26,27,28). The maximum atomic E-state index is 12.7. The van der Waals surface area contributed by atoms with Crippen LogP contribution in [0.3, 0.4) is 0 Å². The Morgan fingerprint density at radius 2 is 1.88 bits per heavy atom. The van der Waals surface area contributed by atoms with Crippen LogP contribution in [0, 0.1) is 36.5 Å². The molecule has 0 amide bonds. The fraction of sp³-hybridized carbons (Fsp3) is 0.174. The molecule has 32 heavy (non-hydrogen) atoms. The third-order valence-electron chi connectivity index (χ3n) is 4.47. The van der Waals surface area contributed by atoms with Gasteiger partial charge in [0, 0.05) is 11.8 Å². The molecule has 0 saturated carbocycles. The molecular formula is C23H20N6O3. The lowest BCUT2D eigenvalue weighted by molar-refractivity contribution is 0.262. The Labute approximate surface area is 184 Å². The van der Waals surface area contributed by atoms with Crippen LogP contribution in [0.25, 0.3) is 6.08 Å². The van der Waals surface area contributed by atoms with Crippen molar-refractivity contribution in [1.82, 2.24) is 14.8 Å². The molecule has 0 aliphatic rings. The molecule has 0 spiro atoms. The van der Waals surface area contributed by atoms with Crippen LogP contribution in [-0.4, -0.2) is 26.5 Å². The van der Waals surface area contributed by atoms with Gasteiger partial charge in [0.25, 0.3) is 0 Å². The molecule has 9 nitrogen and oxygen atoms in total. The number of nitrogens with zero attached hydrogens (tertiary/aromatic N) is 5. The fourth-order valence-corrected chi connectivity index (χ4v) is 3.04. The van der Waals surface area contributed by atoms with Gasteiger partial charge in [0.1, 0.15) is 5.75 Å². The maximum absolute atomic E-state index is 12.7. The first-order valence-corrected chi connectivity index (χ1v) is 9.67. The summed E-state index contributed by atoms with van der Waals surface area (Å²) in [5.41, 5.74) is 2.96. The molecule has 0 unspecified atom stereocenters. The lowest BCUT2D eigenvalue weighted by atomic mass is 10.1. The highest BCUT2D eigenvalue weighted by atomic mass is 16.5. The van der Waals surface area contributed by atoms with Gasteiger partial charge in [0.15, 0.2) is 0 Å². The highest BCUT2D eigenvalue weighted by molar-refractivity contribution is 5.59. The zero-order chi connectivity index (χ0) is 23.1. The van der Waals surface area contributed by atoms with Gasteiger partial charge >= 0.3 is 11.6 Å². The molecule has 0 aliphatic carbocycles. The SMILES string of the molecule is Cc1cc(C=CC#N)cc(C)c1Oc1nc(Nc2ccc(C#N)cc2)c(=O)n(CCO)n1. The first kappa shape index (κ1) is 22.2. The van der Waals surface area contributed by atoms with E-state index in [9.17, 15) is 9.90 Å². The second-order valence-electron chi connectivity index (χ2n) is 6.86.